The summed E-state index contributed by atoms with van der Waals surface area (Å²) in [6.45, 7) is 0. The minimum Gasteiger partial charge on any atom is -0.497 e. The van der Waals surface area contributed by atoms with Crippen molar-refractivity contribution in [1.29, 1.82) is 0 Å². The lowest BCUT2D eigenvalue weighted by Gasteiger charge is -2.14. The quantitative estimate of drug-likeness (QED) is 0.488. The maximum absolute atomic E-state index is 5.51. The van der Waals surface area contributed by atoms with E-state index in [2.05, 4.69) is 42.5 Å². The average molecular weight is 318 g/mol. The standard InChI is InChI=1S/C21H18O3/c1-22-13-8-9-16-14-6-4-5-7-15(14)18-11-20(23-2)21(24-3)12-19(18)17(16)10-13/h4-12H,1-3H3. The number of hydrogen-bond acceptors (Lipinski definition) is 3. The van der Waals surface area contributed by atoms with Gasteiger partial charge in [-0.3, -0.25) is 0 Å². The molecule has 0 atom stereocenters. The fraction of sp³-hybridized carbons (Fsp3) is 0.143. The molecule has 0 radical (unpaired) electrons. The Kier molecular flexibility index (Phi) is 3.42. The van der Waals surface area contributed by atoms with E-state index in [0.717, 1.165) is 33.4 Å². The Hall–Kier alpha value is -2.94. The summed E-state index contributed by atoms with van der Waals surface area (Å²) in [6.07, 6.45) is 0. The molecule has 0 spiro atoms. The molecule has 4 aromatic carbocycles. The third-order valence-corrected chi connectivity index (χ3v) is 4.55. The van der Waals surface area contributed by atoms with Crippen LogP contribution in [-0.2, 0) is 0 Å². The lowest BCUT2D eigenvalue weighted by molar-refractivity contribution is 0.356. The monoisotopic (exact) mass is 318 g/mol. The molecule has 0 N–H and O–H groups in total. The Morgan fingerprint density at radius 3 is 1.58 bits per heavy atom. The minimum atomic E-state index is 0.726. The van der Waals surface area contributed by atoms with Crippen molar-refractivity contribution in [3.05, 3.63) is 54.6 Å². The lowest BCUT2D eigenvalue weighted by Crippen LogP contribution is -1.92. The van der Waals surface area contributed by atoms with E-state index in [1.165, 1.54) is 16.2 Å². The number of ether oxygens (including phenoxy) is 3. The third kappa shape index (κ3) is 2.05. The van der Waals surface area contributed by atoms with Crippen LogP contribution in [0.2, 0.25) is 0 Å². The molecular weight excluding hydrogens is 300 g/mol. The molecule has 4 aromatic rings. The summed E-state index contributed by atoms with van der Waals surface area (Å²) in [5.41, 5.74) is 0. The summed E-state index contributed by atoms with van der Waals surface area (Å²) in [4.78, 5) is 0. The highest BCUT2D eigenvalue weighted by molar-refractivity contribution is 6.26. The number of rotatable bonds is 3. The van der Waals surface area contributed by atoms with Crippen molar-refractivity contribution in [2.45, 2.75) is 0 Å². The topological polar surface area (TPSA) is 27.7 Å². The average Bonchev–Trinajstić information content (AvgIpc) is 2.66. The molecule has 0 amide bonds. The first-order valence-corrected chi connectivity index (χ1v) is 7.81. The van der Waals surface area contributed by atoms with Gasteiger partial charge in [0.25, 0.3) is 0 Å². The van der Waals surface area contributed by atoms with E-state index in [-0.39, 0.29) is 0 Å². The number of fused-ring (bicyclic) bond motifs is 6. The normalized spacial score (nSPS) is 11.1. The van der Waals surface area contributed by atoms with Gasteiger partial charge in [0, 0.05) is 0 Å². The van der Waals surface area contributed by atoms with Crippen LogP contribution in [0.4, 0.5) is 0 Å². The summed E-state index contributed by atoms with van der Waals surface area (Å²) in [6, 6.07) is 18.7. The summed E-state index contributed by atoms with van der Waals surface area (Å²) >= 11 is 0. The van der Waals surface area contributed by atoms with Crippen molar-refractivity contribution in [1.82, 2.24) is 0 Å². The van der Waals surface area contributed by atoms with Crippen LogP contribution in [-0.4, -0.2) is 21.3 Å². The molecule has 0 aliphatic carbocycles. The Balaban J connectivity index is 2.28. The van der Waals surface area contributed by atoms with Gasteiger partial charge in [-0.1, -0.05) is 30.3 Å². The molecule has 24 heavy (non-hydrogen) atoms. The second-order valence-corrected chi connectivity index (χ2v) is 5.71. The van der Waals surface area contributed by atoms with Crippen LogP contribution < -0.4 is 14.2 Å². The highest BCUT2D eigenvalue weighted by Gasteiger charge is 2.13. The Morgan fingerprint density at radius 1 is 0.500 bits per heavy atom. The fourth-order valence-corrected chi connectivity index (χ4v) is 3.39. The SMILES string of the molecule is COc1ccc2c3ccccc3c3cc(OC)c(OC)cc3c2c1. The number of methoxy groups -OCH3 is 3. The molecule has 0 bridgehead atoms. The van der Waals surface area contributed by atoms with E-state index in [0.29, 0.717) is 0 Å². The predicted molar refractivity (Wildman–Crippen MR) is 98.6 cm³/mol. The van der Waals surface area contributed by atoms with E-state index < -0.39 is 0 Å². The molecule has 0 fully saturated rings. The summed E-state index contributed by atoms with van der Waals surface area (Å²) in [5.74, 6) is 2.30. The molecule has 0 aliphatic rings. The minimum absolute atomic E-state index is 0.726. The van der Waals surface area contributed by atoms with Gasteiger partial charge in [-0.2, -0.15) is 0 Å². The molecular formula is C21H18O3. The Morgan fingerprint density at radius 2 is 1.00 bits per heavy atom. The van der Waals surface area contributed by atoms with Gasteiger partial charge in [0.2, 0.25) is 0 Å². The Bertz CT molecular complexity index is 1050. The molecule has 0 aromatic heterocycles. The van der Waals surface area contributed by atoms with Crippen molar-refractivity contribution < 1.29 is 14.2 Å². The highest BCUT2D eigenvalue weighted by Crippen LogP contribution is 2.41. The van der Waals surface area contributed by atoms with Crippen molar-refractivity contribution in [2.24, 2.45) is 0 Å². The summed E-state index contributed by atoms with van der Waals surface area (Å²) in [5, 5.41) is 7.03. The van der Waals surface area contributed by atoms with Crippen molar-refractivity contribution in [3.8, 4) is 17.2 Å². The van der Waals surface area contributed by atoms with Gasteiger partial charge in [0.15, 0.2) is 11.5 Å². The largest absolute Gasteiger partial charge is 0.497 e. The van der Waals surface area contributed by atoms with E-state index in [4.69, 9.17) is 14.2 Å². The molecule has 0 saturated carbocycles. The maximum atomic E-state index is 5.51. The zero-order valence-corrected chi connectivity index (χ0v) is 13.9. The summed E-state index contributed by atoms with van der Waals surface area (Å²) < 4.78 is 16.4. The zero-order chi connectivity index (χ0) is 16.7. The molecule has 4 rings (SSSR count). The Labute approximate surface area is 140 Å². The van der Waals surface area contributed by atoms with E-state index in [1.807, 2.05) is 12.1 Å². The number of benzene rings is 4. The van der Waals surface area contributed by atoms with Crippen LogP contribution in [0.1, 0.15) is 0 Å². The molecule has 0 unspecified atom stereocenters. The van der Waals surface area contributed by atoms with Gasteiger partial charge < -0.3 is 14.2 Å². The van der Waals surface area contributed by atoms with Crippen molar-refractivity contribution in [3.63, 3.8) is 0 Å². The molecule has 0 saturated heterocycles. The van der Waals surface area contributed by atoms with Gasteiger partial charge in [-0.05, 0) is 56.6 Å². The van der Waals surface area contributed by atoms with Gasteiger partial charge in [0.1, 0.15) is 5.75 Å². The first kappa shape index (κ1) is 14.6. The first-order chi connectivity index (χ1) is 11.8. The fourth-order valence-electron chi connectivity index (χ4n) is 3.39. The molecule has 0 aliphatic heterocycles. The van der Waals surface area contributed by atoms with Crippen LogP contribution in [0.5, 0.6) is 17.2 Å². The van der Waals surface area contributed by atoms with E-state index in [9.17, 15) is 0 Å². The molecule has 3 heteroatoms. The maximum Gasteiger partial charge on any atom is 0.161 e. The second kappa shape index (κ2) is 5.60. The molecule has 120 valence electrons. The first-order valence-electron chi connectivity index (χ1n) is 7.81. The van der Waals surface area contributed by atoms with Crippen molar-refractivity contribution in [2.75, 3.05) is 21.3 Å². The molecule has 0 heterocycles. The lowest BCUT2D eigenvalue weighted by atomic mass is 9.94. The predicted octanol–water partition coefficient (Wildman–Crippen LogP) is 5.17. The molecule has 3 nitrogen and oxygen atoms in total. The van der Waals surface area contributed by atoms with Crippen LogP contribution in [0.15, 0.2) is 54.6 Å². The van der Waals surface area contributed by atoms with Crippen LogP contribution >= 0.6 is 0 Å². The van der Waals surface area contributed by atoms with Gasteiger partial charge >= 0.3 is 0 Å². The van der Waals surface area contributed by atoms with Gasteiger partial charge in [-0.15, -0.1) is 0 Å². The third-order valence-electron chi connectivity index (χ3n) is 4.55. The van der Waals surface area contributed by atoms with Gasteiger partial charge in [0.05, 0.1) is 21.3 Å². The van der Waals surface area contributed by atoms with E-state index >= 15 is 0 Å². The van der Waals surface area contributed by atoms with Crippen LogP contribution in [0.25, 0.3) is 32.3 Å². The van der Waals surface area contributed by atoms with Gasteiger partial charge in [-0.25, -0.2) is 0 Å². The summed E-state index contributed by atoms with van der Waals surface area (Å²) in [7, 11) is 5.01. The highest BCUT2D eigenvalue weighted by atomic mass is 16.5. The van der Waals surface area contributed by atoms with Crippen molar-refractivity contribution >= 4 is 32.3 Å². The van der Waals surface area contributed by atoms with E-state index in [1.54, 1.807) is 21.3 Å². The number of hydrogen-bond donors (Lipinski definition) is 0. The smallest absolute Gasteiger partial charge is 0.161 e. The van der Waals surface area contributed by atoms with Crippen LogP contribution in [0.3, 0.4) is 0 Å². The second-order valence-electron chi connectivity index (χ2n) is 5.71. The zero-order valence-electron chi connectivity index (χ0n) is 13.9. The van der Waals surface area contributed by atoms with Crippen LogP contribution in [0, 0.1) is 0 Å².